The SMILES string of the molecule is CNS(=O)(=O)c1cccc(C(=O)N[C@@H]2CCCC[C@H]2C)c1. The fourth-order valence-corrected chi connectivity index (χ4v) is 3.48. The molecule has 21 heavy (non-hydrogen) atoms. The first-order valence-corrected chi connectivity index (χ1v) is 8.77. The number of carbonyl (C=O) groups is 1. The van der Waals surface area contributed by atoms with E-state index in [0.717, 1.165) is 19.3 Å². The molecule has 1 aromatic carbocycles. The summed E-state index contributed by atoms with van der Waals surface area (Å²) < 4.78 is 25.8. The third kappa shape index (κ3) is 3.83. The standard InChI is InChI=1S/C15H22N2O3S/c1-11-6-3-4-9-14(11)17-15(18)12-7-5-8-13(10-12)21(19,20)16-2/h5,7-8,10-11,14,16H,3-4,6,9H2,1-2H3,(H,17,18)/t11-,14-/m1/s1. The molecule has 1 aliphatic rings. The van der Waals surface area contributed by atoms with Crippen LogP contribution in [0.1, 0.15) is 43.0 Å². The first-order chi connectivity index (χ1) is 9.94. The molecule has 0 saturated heterocycles. The highest BCUT2D eigenvalue weighted by Crippen LogP contribution is 2.24. The predicted octanol–water partition coefficient (Wildman–Crippen LogP) is 1.90. The van der Waals surface area contributed by atoms with E-state index in [4.69, 9.17) is 0 Å². The number of amides is 1. The molecule has 0 unspecified atom stereocenters. The van der Waals surface area contributed by atoms with Crippen LogP contribution in [-0.2, 0) is 10.0 Å². The van der Waals surface area contributed by atoms with Gasteiger partial charge in [-0.1, -0.05) is 25.8 Å². The Labute approximate surface area is 126 Å². The molecule has 6 heteroatoms. The average molecular weight is 310 g/mol. The van der Waals surface area contributed by atoms with Gasteiger partial charge in [0, 0.05) is 11.6 Å². The first-order valence-electron chi connectivity index (χ1n) is 7.28. The highest BCUT2D eigenvalue weighted by molar-refractivity contribution is 7.89. The van der Waals surface area contributed by atoms with E-state index in [0.29, 0.717) is 11.5 Å². The summed E-state index contributed by atoms with van der Waals surface area (Å²) in [5.74, 6) is 0.258. The molecule has 2 N–H and O–H groups in total. The van der Waals surface area contributed by atoms with Gasteiger partial charge in [-0.15, -0.1) is 0 Å². The number of hydrogen-bond acceptors (Lipinski definition) is 3. The maximum atomic E-state index is 12.3. The molecule has 0 heterocycles. The lowest BCUT2D eigenvalue weighted by Gasteiger charge is -2.29. The number of nitrogens with one attached hydrogen (secondary N) is 2. The Balaban J connectivity index is 2.14. The lowest BCUT2D eigenvalue weighted by molar-refractivity contribution is 0.0910. The second kappa shape index (κ2) is 6.58. The minimum absolute atomic E-state index is 0.106. The van der Waals surface area contributed by atoms with E-state index in [1.54, 1.807) is 12.1 Å². The van der Waals surface area contributed by atoms with Crippen molar-refractivity contribution in [2.24, 2.45) is 5.92 Å². The molecule has 0 spiro atoms. The van der Waals surface area contributed by atoms with Crippen molar-refractivity contribution in [1.29, 1.82) is 0 Å². The maximum Gasteiger partial charge on any atom is 0.251 e. The number of sulfonamides is 1. The molecular weight excluding hydrogens is 288 g/mol. The van der Waals surface area contributed by atoms with E-state index in [9.17, 15) is 13.2 Å². The molecule has 1 saturated carbocycles. The third-order valence-electron chi connectivity index (χ3n) is 4.10. The zero-order valence-corrected chi connectivity index (χ0v) is 13.2. The molecule has 1 amide bonds. The van der Waals surface area contributed by atoms with E-state index in [1.807, 2.05) is 0 Å². The Bertz CT molecular complexity index is 613. The molecule has 0 bridgehead atoms. The van der Waals surface area contributed by atoms with Gasteiger partial charge in [0.05, 0.1) is 4.90 Å². The van der Waals surface area contributed by atoms with Gasteiger partial charge in [-0.2, -0.15) is 0 Å². The second-order valence-corrected chi connectivity index (χ2v) is 7.46. The molecule has 1 aliphatic carbocycles. The summed E-state index contributed by atoms with van der Waals surface area (Å²) in [6.45, 7) is 2.14. The van der Waals surface area contributed by atoms with Crippen molar-refractivity contribution in [2.75, 3.05) is 7.05 Å². The maximum absolute atomic E-state index is 12.3. The van der Waals surface area contributed by atoms with Crippen LogP contribution < -0.4 is 10.0 Å². The first kappa shape index (κ1) is 16.0. The van der Waals surface area contributed by atoms with Crippen LogP contribution >= 0.6 is 0 Å². The second-order valence-electron chi connectivity index (χ2n) is 5.58. The van der Waals surface area contributed by atoms with Gasteiger partial charge in [-0.3, -0.25) is 4.79 Å². The van der Waals surface area contributed by atoms with Crippen LogP contribution in [0.25, 0.3) is 0 Å². The molecule has 1 aromatic rings. The summed E-state index contributed by atoms with van der Waals surface area (Å²) in [7, 11) is -2.18. The average Bonchev–Trinajstić information content (AvgIpc) is 2.49. The number of rotatable bonds is 4. The smallest absolute Gasteiger partial charge is 0.251 e. The number of carbonyl (C=O) groups excluding carboxylic acids is 1. The zero-order chi connectivity index (χ0) is 15.5. The van der Waals surface area contributed by atoms with Gasteiger partial charge < -0.3 is 5.32 Å². The molecule has 0 radical (unpaired) electrons. The van der Waals surface area contributed by atoms with Gasteiger partial charge in [-0.05, 0) is 44.0 Å². The fourth-order valence-electron chi connectivity index (χ4n) is 2.70. The quantitative estimate of drug-likeness (QED) is 0.892. The van der Waals surface area contributed by atoms with Crippen molar-refractivity contribution in [3.05, 3.63) is 29.8 Å². The molecular formula is C15H22N2O3S. The molecule has 5 nitrogen and oxygen atoms in total. The number of benzene rings is 1. The van der Waals surface area contributed by atoms with E-state index in [1.165, 1.54) is 25.6 Å². The highest BCUT2D eigenvalue weighted by Gasteiger charge is 2.23. The van der Waals surface area contributed by atoms with E-state index in [2.05, 4.69) is 17.0 Å². The Hall–Kier alpha value is -1.40. The molecule has 0 aromatic heterocycles. The topological polar surface area (TPSA) is 75.3 Å². The minimum Gasteiger partial charge on any atom is -0.349 e. The predicted molar refractivity (Wildman–Crippen MR) is 81.6 cm³/mol. The third-order valence-corrected chi connectivity index (χ3v) is 5.52. The van der Waals surface area contributed by atoms with Crippen LogP contribution in [0.15, 0.2) is 29.2 Å². The van der Waals surface area contributed by atoms with Gasteiger partial charge in [0.2, 0.25) is 10.0 Å². The number of hydrogen-bond donors (Lipinski definition) is 2. The van der Waals surface area contributed by atoms with E-state index >= 15 is 0 Å². The van der Waals surface area contributed by atoms with Crippen molar-refractivity contribution in [3.63, 3.8) is 0 Å². The summed E-state index contributed by atoms with van der Waals surface area (Å²) in [4.78, 5) is 12.4. The fraction of sp³-hybridized carbons (Fsp3) is 0.533. The van der Waals surface area contributed by atoms with Crippen molar-refractivity contribution in [2.45, 2.75) is 43.5 Å². The molecule has 2 atom stereocenters. The molecule has 116 valence electrons. The van der Waals surface area contributed by atoms with Gasteiger partial charge in [-0.25, -0.2) is 13.1 Å². The van der Waals surface area contributed by atoms with Gasteiger partial charge in [0.15, 0.2) is 0 Å². The highest BCUT2D eigenvalue weighted by atomic mass is 32.2. The van der Waals surface area contributed by atoms with Gasteiger partial charge in [0.1, 0.15) is 0 Å². The summed E-state index contributed by atoms with van der Waals surface area (Å²) in [5, 5.41) is 3.03. The van der Waals surface area contributed by atoms with Crippen LogP contribution in [0.5, 0.6) is 0 Å². The summed E-state index contributed by atoms with van der Waals surface area (Å²) >= 11 is 0. The lowest BCUT2D eigenvalue weighted by Crippen LogP contribution is -2.41. The Morgan fingerprint density at radius 2 is 1.95 bits per heavy atom. The van der Waals surface area contributed by atoms with Crippen molar-refractivity contribution >= 4 is 15.9 Å². The van der Waals surface area contributed by atoms with Crippen molar-refractivity contribution in [1.82, 2.24) is 10.0 Å². The Kier molecular flexibility index (Phi) is 5.00. The Morgan fingerprint density at radius 3 is 2.62 bits per heavy atom. The van der Waals surface area contributed by atoms with E-state index < -0.39 is 10.0 Å². The molecule has 1 fully saturated rings. The normalized spacial score (nSPS) is 22.8. The van der Waals surface area contributed by atoms with Crippen LogP contribution in [0.3, 0.4) is 0 Å². The van der Waals surface area contributed by atoms with Crippen molar-refractivity contribution < 1.29 is 13.2 Å². The minimum atomic E-state index is -3.53. The molecule has 2 rings (SSSR count). The van der Waals surface area contributed by atoms with Crippen LogP contribution in [-0.4, -0.2) is 27.4 Å². The summed E-state index contributed by atoms with van der Waals surface area (Å²) in [5.41, 5.74) is 0.379. The monoisotopic (exact) mass is 310 g/mol. The van der Waals surface area contributed by atoms with Gasteiger partial charge >= 0.3 is 0 Å². The molecule has 0 aliphatic heterocycles. The van der Waals surface area contributed by atoms with Gasteiger partial charge in [0.25, 0.3) is 5.91 Å². The van der Waals surface area contributed by atoms with E-state index in [-0.39, 0.29) is 16.8 Å². The lowest BCUT2D eigenvalue weighted by atomic mass is 9.86. The Morgan fingerprint density at radius 1 is 1.24 bits per heavy atom. The largest absolute Gasteiger partial charge is 0.349 e. The van der Waals surface area contributed by atoms with Crippen molar-refractivity contribution in [3.8, 4) is 0 Å². The summed E-state index contributed by atoms with van der Waals surface area (Å²) in [6, 6.07) is 6.29. The van der Waals surface area contributed by atoms with Crippen LogP contribution in [0.4, 0.5) is 0 Å². The van der Waals surface area contributed by atoms with Crippen LogP contribution in [0, 0.1) is 5.92 Å². The summed E-state index contributed by atoms with van der Waals surface area (Å²) in [6.07, 6.45) is 4.45. The zero-order valence-electron chi connectivity index (χ0n) is 12.4. The van der Waals surface area contributed by atoms with Crippen LogP contribution in [0.2, 0.25) is 0 Å².